The number of alkyl halides is 1. The van der Waals surface area contributed by atoms with E-state index in [9.17, 15) is 0 Å². The summed E-state index contributed by atoms with van der Waals surface area (Å²) in [5.41, 5.74) is 9.67. The number of aromatic nitrogens is 1. The molecule has 3 nitrogen and oxygen atoms in total. The van der Waals surface area contributed by atoms with Gasteiger partial charge in [-0.15, -0.1) is 0 Å². The van der Waals surface area contributed by atoms with Crippen LogP contribution in [0, 0.1) is 5.41 Å². The Hall–Kier alpha value is -0.763. The lowest BCUT2D eigenvalue weighted by Gasteiger charge is -2.46. The van der Waals surface area contributed by atoms with Crippen molar-refractivity contribution in [3.63, 3.8) is 0 Å². The lowest BCUT2D eigenvalue weighted by atomic mass is 9.70. The van der Waals surface area contributed by atoms with E-state index in [0.717, 1.165) is 19.3 Å². The van der Waals surface area contributed by atoms with E-state index in [-0.39, 0.29) is 28.3 Å². The second-order valence-electron chi connectivity index (χ2n) is 16.6. The molecule has 1 aromatic carbocycles. The van der Waals surface area contributed by atoms with Crippen molar-refractivity contribution in [3.05, 3.63) is 63.5 Å². The van der Waals surface area contributed by atoms with Crippen LogP contribution >= 0.6 is 22.6 Å². The van der Waals surface area contributed by atoms with E-state index in [2.05, 4.69) is 108 Å². The lowest BCUT2D eigenvalue weighted by molar-refractivity contribution is -0.0515. The average molecular weight is 700 g/mol. The third kappa shape index (κ3) is 5.28. The van der Waals surface area contributed by atoms with Crippen LogP contribution in [0.15, 0.2) is 24.3 Å². The molecule has 6 rings (SSSR count). The minimum atomic E-state index is -2.03. The van der Waals surface area contributed by atoms with Gasteiger partial charge in [-0.2, -0.15) is 0 Å². The van der Waals surface area contributed by atoms with E-state index in [1.54, 1.807) is 0 Å². The molecule has 5 heteroatoms. The highest BCUT2D eigenvalue weighted by molar-refractivity contribution is 14.1. The van der Waals surface area contributed by atoms with Gasteiger partial charge < -0.3 is 9.16 Å². The van der Waals surface area contributed by atoms with Crippen molar-refractivity contribution in [2.75, 3.05) is 0 Å². The van der Waals surface area contributed by atoms with E-state index in [1.165, 1.54) is 77.7 Å². The SMILES string of the molecule is CC(C)c1ccc([C@H]2OC3(CCCC3I)c3c2c(C2CCCC2)nc2c3[C@@H](O[Si](C)(C)C(C)(C)C)CC(C)(C)C2)cc1. The Morgan fingerprint density at radius 3 is 2.24 bits per heavy atom. The molecule has 2 fully saturated rings. The Morgan fingerprint density at radius 1 is 1.00 bits per heavy atom. The second kappa shape index (κ2) is 10.9. The molecule has 4 atom stereocenters. The molecule has 2 saturated carbocycles. The third-order valence-corrected chi connectivity index (χ3v) is 17.6. The van der Waals surface area contributed by atoms with Crippen LogP contribution < -0.4 is 0 Å². The summed E-state index contributed by atoms with van der Waals surface area (Å²) in [6, 6.07) is 9.36. The number of nitrogens with zero attached hydrogens (tertiary/aromatic N) is 1. The number of fused-ring (bicyclic) bond motifs is 4. The summed E-state index contributed by atoms with van der Waals surface area (Å²) in [7, 11) is -2.03. The van der Waals surface area contributed by atoms with Crippen LogP contribution in [0.4, 0.5) is 0 Å². The summed E-state index contributed by atoms with van der Waals surface area (Å²) >= 11 is 2.74. The van der Waals surface area contributed by atoms with Gasteiger partial charge in [-0.05, 0) is 85.5 Å². The van der Waals surface area contributed by atoms with E-state index >= 15 is 0 Å². The maximum Gasteiger partial charge on any atom is 0.192 e. The zero-order valence-electron chi connectivity index (χ0n) is 27.7. The molecule has 3 aliphatic carbocycles. The van der Waals surface area contributed by atoms with Crippen LogP contribution in [0.5, 0.6) is 0 Å². The first-order chi connectivity index (χ1) is 19.6. The first-order valence-electron chi connectivity index (χ1n) is 16.8. The molecule has 0 saturated heterocycles. The van der Waals surface area contributed by atoms with Gasteiger partial charge in [-0.25, -0.2) is 0 Å². The normalized spacial score (nSPS) is 29.5. The van der Waals surface area contributed by atoms with Crippen molar-refractivity contribution in [2.24, 2.45) is 5.41 Å². The van der Waals surface area contributed by atoms with Gasteiger partial charge in [0.05, 0.1) is 11.8 Å². The molecule has 1 aliphatic heterocycles. The standard InChI is InChI=1S/C37H54INO2Si/c1-23(2)24-16-18-26(19-17-24)34-31-32(37(40-34)20-12-15-29(37)38)30-27(39-33(31)25-13-10-11-14-25)21-36(6,7)22-28(30)41-42(8,9)35(3,4)5/h16-19,23,25,28-29,34H,10-15,20-22H2,1-9H3/t28-,29?,34+,37?/m0/s1. The number of hydrogen-bond acceptors (Lipinski definition) is 3. The molecule has 2 heterocycles. The first-order valence-corrected chi connectivity index (χ1v) is 21.0. The second-order valence-corrected chi connectivity index (χ2v) is 22.9. The van der Waals surface area contributed by atoms with Gasteiger partial charge in [0.25, 0.3) is 0 Å². The van der Waals surface area contributed by atoms with Crippen molar-refractivity contribution < 1.29 is 9.16 Å². The molecule has 0 radical (unpaired) electrons. The number of hydrogen-bond donors (Lipinski definition) is 0. The molecule has 0 amide bonds. The summed E-state index contributed by atoms with van der Waals surface area (Å²) < 4.78 is 15.5. The average Bonchev–Trinajstić information content (AvgIpc) is 3.63. The molecule has 2 unspecified atom stereocenters. The smallest absolute Gasteiger partial charge is 0.192 e. The zero-order chi connectivity index (χ0) is 30.2. The van der Waals surface area contributed by atoms with Crippen molar-refractivity contribution in [1.29, 1.82) is 0 Å². The van der Waals surface area contributed by atoms with Crippen molar-refractivity contribution in [1.82, 2.24) is 4.98 Å². The molecule has 1 spiro atoms. The lowest BCUT2D eigenvalue weighted by Crippen LogP contribution is -2.44. The molecule has 0 N–H and O–H groups in total. The molecule has 1 aromatic heterocycles. The predicted octanol–water partition coefficient (Wildman–Crippen LogP) is 11.2. The van der Waals surface area contributed by atoms with Gasteiger partial charge in [0, 0.05) is 32.2 Å². The minimum Gasteiger partial charge on any atom is -0.410 e. The zero-order valence-corrected chi connectivity index (χ0v) is 30.9. The van der Waals surface area contributed by atoms with Crippen LogP contribution in [0.3, 0.4) is 0 Å². The van der Waals surface area contributed by atoms with Crippen molar-refractivity contribution in [3.8, 4) is 0 Å². The van der Waals surface area contributed by atoms with Crippen molar-refractivity contribution >= 4 is 30.9 Å². The fourth-order valence-electron chi connectivity index (χ4n) is 8.13. The molecular weight excluding hydrogens is 645 g/mol. The highest BCUT2D eigenvalue weighted by Crippen LogP contribution is 2.62. The van der Waals surface area contributed by atoms with Crippen LogP contribution in [0.25, 0.3) is 0 Å². The number of halogens is 1. The number of ether oxygens (including phenoxy) is 1. The Balaban J connectivity index is 1.61. The maximum absolute atomic E-state index is 7.55. The molecule has 2 aromatic rings. The quantitative estimate of drug-likeness (QED) is 0.177. The number of pyridine rings is 1. The number of rotatable bonds is 5. The monoisotopic (exact) mass is 699 g/mol. The Bertz CT molecular complexity index is 1320. The van der Waals surface area contributed by atoms with Gasteiger partial charge in [-0.3, -0.25) is 4.98 Å². The molecule has 230 valence electrons. The molecular formula is C37H54INO2Si. The fraction of sp³-hybridized carbons (Fsp3) is 0.703. The van der Waals surface area contributed by atoms with Gasteiger partial charge >= 0.3 is 0 Å². The predicted molar refractivity (Wildman–Crippen MR) is 185 cm³/mol. The Morgan fingerprint density at radius 2 is 1.67 bits per heavy atom. The highest BCUT2D eigenvalue weighted by atomic mass is 127. The summed E-state index contributed by atoms with van der Waals surface area (Å²) in [6.45, 7) is 21.4. The van der Waals surface area contributed by atoms with Gasteiger partial charge in [0.1, 0.15) is 11.7 Å². The van der Waals surface area contributed by atoms with Crippen LogP contribution in [0.1, 0.15) is 163 Å². The largest absolute Gasteiger partial charge is 0.410 e. The van der Waals surface area contributed by atoms with Gasteiger partial charge in [0.15, 0.2) is 8.32 Å². The van der Waals surface area contributed by atoms with Crippen LogP contribution in [-0.4, -0.2) is 17.2 Å². The minimum absolute atomic E-state index is 0.0477. The van der Waals surface area contributed by atoms with E-state index in [0.29, 0.717) is 15.8 Å². The molecule has 42 heavy (non-hydrogen) atoms. The first kappa shape index (κ1) is 31.2. The van der Waals surface area contributed by atoms with Crippen LogP contribution in [0.2, 0.25) is 18.1 Å². The third-order valence-electron chi connectivity index (χ3n) is 11.5. The van der Waals surface area contributed by atoms with Crippen LogP contribution in [-0.2, 0) is 21.2 Å². The molecule has 0 bridgehead atoms. The van der Waals surface area contributed by atoms with Gasteiger partial charge in [-0.1, -0.05) is 108 Å². The van der Waals surface area contributed by atoms with E-state index in [4.69, 9.17) is 14.1 Å². The molecule has 4 aliphatic rings. The fourth-order valence-corrected chi connectivity index (χ4v) is 10.6. The maximum atomic E-state index is 7.55. The topological polar surface area (TPSA) is 31.4 Å². The highest BCUT2D eigenvalue weighted by Gasteiger charge is 2.57. The number of benzene rings is 1. The van der Waals surface area contributed by atoms with E-state index in [1.807, 2.05) is 0 Å². The van der Waals surface area contributed by atoms with Gasteiger partial charge in [0.2, 0.25) is 0 Å². The van der Waals surface area contributed by atoms with E-state index < -0.39 is 8.32 Å². The summed E-state index contributed by atoms with van der Waals surface area (Å²) in [4.78, 5) is 5.76. The van der Waals surface area contributed by atoms with Crippen molar-refractivity contribution in [2.45, 2.75) is 158 Å². The Kier molecular flexibility index (Phi) is 8.14. The summed E-state index contributed by atoms with van der Waals surface area (Å²) in [5.74, 6) is 1.06. The summed E-state index contributed by atoms with van der Waals surface area (Å²) in [6.07, 6.45) is 10.8. The summed E-state index contributed by atoms with van der Waals surface area (Å²) in [5, 5.41) is 0.156. The Labute approximate surface area is 270 Å².